The van der Waals surface area contributed by atoms with E-state index in [-0.39, 0.29) is 0 Å². The van der Waals surface area contributed by atoms with Crippen LogP contribution in [0.25, 0.3) is 0 Å². The van der Waals surface area contributed by atoms with Crippen LogP contribution in [0.5, 0.6) is 5.75 Å². The molecule has 5 nitrogen and oxygen atoms in total. The van der Waals surface area contributed by atoms with Crippen molar-refractivity contribution in [1.82, 2.24) is 0 Å². The molecule has 0 aromatic heterocycles. The van der Waals surface area contributed by atoms with Gasteiger partial charge >= 0.3 is 5.97 Å². The Hall–Kier alpha value is -2.28. The van der Waals surface area contributed by atoms with E-state index in [1.54, 1.807) is 44.4 Å². The number of rotatable bonds is 6. The molecule has 1 heterocycles. The molecule has 0 bridgehead atoms. The van der Waals surface area contributed by atoms with Gasteiger partial charge in [0.05, 0.1) is 30.8 Å². The Balaban J connectivity index is 1.98. The predicted octanol–water partition coefficient (Wildman–Crippen LogP) is 3.73. The molecular formula is C23H26O5S. The number of benzene rings is 2. The van der Waals surface area contributed by atoms with Crippen LogP contribution in [-0.4, -0.2) is 35.7 Å². The van der Waals surface area contributed by atoms with Gasteiger partial charge in [-0.05, 0) is 37.1 Å². The summed E-state index contributed by atoms with van der Waals surface area (Å²) in [5.41, 5.74) is 1.19. The summed E-state index contributed by atoms with van der Waals surface area (Å²) in [5.74, 6) is -0.289. The first kappa shape index (κ1) is 21.4. The fraction of sp³-hybridized carbons (Fsp3) is 0.348. The number of aliphatic hydroxyl groups is 2. The zero-order chi connectivity index (χ0) is 21.2. The topological polar surface area (TPSA) is 76.0 Å². The second kappa shape index (κ2) is 8.61. The van der Waals surface area contributed by atoms with E-state index in [0.29, 0.717) is 16.2 Å². The third kappa shape index (κ3) is 4.34. The zero-order valence-corrected chi connectivity index (χ0v) is 17.8. The van der Waals surface area contributed by atoms with Crippen LogP contribution in [0, 0.1) is 12.8 Å². The van der Waals surface area contributed by atoms with Crippen LogP contribution in [0.15, 0.2) is 59.5 Å². The summed E-state index contributed by atoms with van der Waals surface area (Å²) in [6, 6.07) is 14.8. The molecule has 0 amide bonds. The molecule has 0 saturated heterocycles. The van der Waals surface area contributed by atoms with E-state index in [9.17, 15) is 15.0 Å². The van der Waals surface area contributed by atoms with Gasteiger partial charge in [-0.25, -0.2) is 4.79 Å². The van der Waals surface area contributed by atoms with E-state index in [1.807, 2.05) is 31.2 Å². The summed E-state index contributed by atoms with van der Waals surface area (Å²) in [7, 11) is 2.91. The molecule has 1 aliphatic rings. The van der Waals surface area contributed by atoms with Gasteiger partial charge in [0.25, 0.3) is 0 Å². The van der Waals surface area contributed by atoms with Crippen molar-refractivity contribution in [3.63, 3.8) is 0 Å². The molecule has 1 aliphatic heterocycles. The lowest BCUT2D eigenvalue weighted by molar-refractivity contribution is -0.135. The smallest absolute Gasteiger partial charge is 0.344 e. The van der Waals surface area contributed by atoms with Gasteiger partial charge in [0, 0.05) is 11.2 Å². The molecule has 3 rings (SSSR count). The number of hydrogen-bond acceptors (Lipinski definition) is 6. The molecule has 154 valence electrons. The quantitative estimate of drug-likeness (QED) is 0.702. The van der Waals surface area contributed by atoms with E-state index in [0.717, 1.165) is 11.1 Å². The highest BCUT2D eigenvalue weighted by molar-refractivity contribution is 8.04. The molecule has 6 heteroatoms. The summed E-state index contributed by atoms with van der Waals surface area (Å²) in [6.07, 6.45) is 0.844. The lowest BCUT2D eigenvalue weighted by atomic mass is 9.78. The van der Waals surface area contributed by atoms with E-state index in [4.69, 9.17) is 9.47 Å². The monoisotopic (exact) mass is 414 g/mol. The van der Waals surface area contributed by atoms with Gasteiger partial charge in [0.2, 0.25) is 0 Å². The molecule has 2 aromatic carbocycles. The summed E-state index contributed by atoms with van der Waals surface area (Å²) < 4.78 is 10.1. The normalized spacial score (nSPS) is 21.8. The molecule has 2 unspecified atom stereocenters. The van der Waals surface area contributed by atoms with Gasteiger partial charge in [-0.15, -0.1) is 11.8 Å². The molecule has 4 atom stereocenters. The predicted molar refractivity (Wildman–Crippen MR) is 114 cm³/mol. The Kier molecular flexibility index (Phi) is 6.36. The summed E-state index contributed by atoms with van der Waals surface area (Å²) in [5, 5.41) is 22.1. The number of aliphatic hydroxyl groups excluding tert-OH is 1. The van der Waals surface area contributed by atoms with Gasteiger partial charge in [-0.2, -0.15) is 0 Å². The largest absolute Gasteiger partial charge is 0.497 e. The second-order valence-corrected chi connectivity index (χ2v) is 8.58. The van der Waals surface area contributed by atoms with Crippen LogP contribution in [0.2, 0.25) is 0 Å². The number of carbonyl (C=O) groups excluding carboxylic acids is 1. The minimum Gasteiger partial charge on any atom is -0.497 e. The average molecular weight is 415 g/mol. The van der Waals surface area contributed by atoms with Crippen LogP contribution < -0.4 is 4.74 Å². The van der Waals surface area contributed by atoms with E-state index >= 15 is 0 Å². The van der Waals surface area contributed by atoms with Crippen molar-refractivity contribution in [3.8, 4) is 5.75 Å². The molecule has 0 fully saturated rings. The van der Waals surface area contributed by atoms with E-state index < -0.39 is 28.8 Å². The van der Waals surface area contributed by atoms with Crippen molar-refractivity contribution >= 4 is 17.7 Å². The van der Waals surface area contributed by atoms with Crippen molar-refractivity contribution in [3.05, 3.63) is 76.2 Å². The molecule has 0 saturated carbocycles. The summed E-state index contributed by atoms with van der Waals surface area (Å²) >= 11 is 1.24. The molecule has 0 aliphatic carbocycles. The Labute approximate surface area is 175 Å². The van der Waals surface area contributed by atoms with Crippen LogP contribution >= 0.6 is 11.8 Å². The van der Waals surface area contributed by atoms with Crippen molar-refractivity contribution in [2.75, 3.05) is 14.2 Å². The maximum atomic E-state index is 12.2. The van der Waals surface area contributed by atoms with Gasteiger partial charge in [0.15, 0.2) is 0 Å². The molecule has 0 spiro atoms. The standard InChI is InChI=1S/C23H26O5S/c1-14-5-7-15(8-6-14)20(24)21-18(13-19(29-21)22(25)28-4)23(2,26)16-9-11-17(27-3)12-10-16/h5-13,18,20-21,24,26H,1-4H3/t18-,20?,21-,23?/m1/s1. The maximum absolute atomic E-state index is 12.2. The van der Waals surface area contributed by atoms with Crippen LogP contribution in [-0.2, 0) is 15.1 Å². The van der Waals surface area contributed by atoms with Crippen LogP contribution in [0.3, 0.4) is 0 Å². The number of carbonyl (C=O) groups is 1. The first-order valence-electron chi connectivity index (χ1n) is 9.36. The Morgan fingerprint density at radius 3 is 2.28 bits per heavy atom. The third-order valence-corrected chi connectivity index (χ3v) is 6.77. The first-order chi connectivity index (χ1) is 13.8. The van der Waals surface area contributed by atoms with Crippen LogP contribution in [0.4, 0.5) is 0 Å². The number of ether oxygens (including phenoxy) is 2. The van der Waals surface area contributed by atoms with Gasteiger partial charge in [-0.1, -0.05) is 48.0 Å². The highest BCUT2D eigenvalue weighted by atomic mass is 32.2. The Bertz CT molecular complexity index is 886. The number of methoxy groups -OCH3 is 2. The molecular weight excluding hydrogens is 388 g/mol. The molecule has 2 aromatic rings. The highest BCUT2D eigenvalue weighted by Crippen LogP contribution is 2.50. The summed E-state index contributed by atoms with van der Waals surface area (Å²) in [6.45, 7) is 3.68. The Morgan fingerprint density at radius 2 is 1.72 bits per heavy atom. The second-order valence-electron chi connectivity index (χ2n) is 7.36. The molecule has 2 N–H and O–H groups in total. The lowest BCUT2D eigenvalue weighted by Gasteiger charge is -2.35. The van der Waals surface area contributed by atoms with Gasteiger partial charge < -0.3 is 19.7 Å². The van der Waals surface area contributed by atoms with E-state index in [2.05, 4.69) is 0 Å². The zero-order valence-electron chi connectivity index (χ0n) is 17.0. The number of thioether (sulfide) groups is 1. The fourth-order valence-corrected chi connectivity index (χ4v) is 5.03. The Morgan fingerprint density at radius 1 is 1.10 bits per heavy atom. The van der Waals surface area contributed by atoms with Crippen molar-refractivity contribution in [2.45, 2.75) is 30.8 Å². The average Bonchev–Trinajstić information content (AvgIpc) is 3.19. The minimum absolute atomic E-state index is 0.391. The van der Waals surface area contributed by atoms with Crippen molar-refractivity contribution in [1.29, 1.82) is 0 Å². The van der Waals surface area contributed by atoms with Gasteiger partial charge in [-0.3, -0.25) is 0 Å². The molecule has 0 radical (unpaired) electrons. The number of aryl methyl sites for hydroxylation is 1. The van der Waals surface area contributed by atoms with E-state index in [1.165, 1.54) is 18.9 Å². The number of hydrogen-bond donors (Lipinski definition) is 2. The summed E-state index contributed by atoms with van der Waals surface area (Å²) in [4.78, 5) is 12.6. The minimum atomic E-state index is -1.31. The van der Waals surface area contributed by atoms with Gasteiger partial charge in [0.1, 0.15) is 5.75 Å². The SMILES string of the molecule is COC(=O)C1=C[C@@H](C(C)(O)c2ccc(OC)cc2)[C@H](C(O)c2ccc(C)cc2)S1. The van der Waals surface area contributed by atoms with Crippen LogP contribution in [0.1, 0.15) is 29.7 Å². The highest BCUT2D eigenvalue weighted by Gasteiger charge is 2.46. The van der Waals surface area contributed by atoms with Crippen molar-refractivity contribution in [2.24, 2.45) is 5.92 Å². The molecule has 29 heavy (non-hydrogen) atoms. The maximum Gasteiger partial charge on any atom is 0.344 e. The third-order valence-electron chi connectivity index (χ3n) is 5.39. The lowest BCUT2D eigenvalue weighted by Crippen LogP contribution is -2.38. The van der Waals surface area contributed by atoms with Crippen molar-refractivity contribution < 1.29 is 24.5 Å². The first-order valence-corrected chi connectivity index (χ1v) is 10.2. The number of esters is 1. The fourth-order valence-electron chi connectivity index (χ4n) is 3.55.